The van der Waals surface area contributed by atoms with Gasteiger partial charge in [-0.2, -0.15) is 0 Å². The second-order valence-electron chi connectivity index (χ2n) is 5.94. The largest absolute Gasteiger partial charge is 0.454 e. The minimum atomic E-state index is -0.309. The summed E-state index contributed by atoms with van der Waals surface area (Å²) in [6.07, 6.45) is 4.68. The van der Waals surface area contributed by atoms with E-state index in [0.717, 1.165) is 11.1 Å². The van der Waals surface area contributed by atoms with Crippen LogP contribution in [-0.4, -0.2) is 27.2 Å². The van der Waals surface area contributed by atoms with Gasteiger partial charge in [0.2, 0.25) is 12.7 Å². The Kier molecular flexibility index (Phi) is 4.52. The molecule has 8 heteroatoms. The number of benzene rings is 1. The van der Waals surface area contributed by atoms with Crippen molar-refractivity contribution in [1.29, 1.82) is 0 Å². The van der Waals surface area contributed by atoms with Gasteiger partial charge in [-0.1, -0.05) is 0 Å². The number of ether oxygens (including phenoxy) is 2. The molecule has 27 heavy (non-hydrogen) atoms. The van der Waals surface area contributed by atoms with Crippen LogP contribution >= 0.6 is 0 Å². The summed E-state index contributed by atoms with van der Waals surface area (Å²) in [5, 5.41) is 2.76. The van der Waals surface area contributed by atoms with Crippen molar-refractivity contribution in [1.82, 2.24) is 19.9 Å². The van der Waals surface area contributed by atoms with E-state index < -0.39 is 0 Å². The van der Waals surface area contributed by atoms with E-state index in [-0.39, 0.29) is 24.8 Å². The molecular weight excluding hydrogens is 348 g/mol. The molecule has 0 atom stereocenters. The zero-order chi connectivity index (χ0) is 18.6. The molecule has 0 bridgehead atoms. The lowest BCUT2D eigenvalue weighted by Crippen LogP contribution is -2.31. The van der Waals surface area contributed by atoms with Crippen LogP contribution in [0, 0.1) is 0 Å². The quantitative estimate of drug-likeness (QED) is 0.734. The Hall–Kier alpha value is -3.68. The summed E-state index contributed by atoms with van der Waals surface area (Å²) in [6, 6.07) is 10.4. The first kappa shape index (κ1) is 16.8. The lowest BCUT2D eigenvalue weighted by Gasteiger charge is -2.08. The maximum Gasteiger partial charge on any atom is 0.254 e. The van der Waals surface area contributed by atoms with Crippen LogP contribution in [0.3, 0.4) is 0 Å². The molecule has 8 nitrogen and oxygen atoms in total. The zero-order valence-corrected chi connectivity index (χ0v) is 14.3. The highest BCUT2D eigenvalue weighted by atomic mass is 16.7. The Morgan fingerprint density at radius 3 is 2.74 bits per heavy atom. The van der Waals surface area contributed by atoms with Gasteiger partial charge in [0, 0.05) is 30.6 Å². The van der Waals surface area contributed by atoms with Crippen LogP contribution in [0.1, 0.15) is 5.56 Å². The van der Waals surface area contributed by atoms with Gasteiger partial charge >= 0.3 is 0 Å². The van der Waals surface area contributed by atoms with E-state index in [1.54, 1.807) is 30.6 Å². The molecule has 0 radical (unpaired) electrons. The van der Waals surface area contributed by atoms with Crippen LogP contribution in [0.15, 0.2) is 59.9 Å². The number of carbonyl (C=O) groups excluding carboxylic acids is 1. The third-order valence-electron chi connectivity index (χ3n) is 4.10. The Labute approximate surface area is 154 Å². The first-order chi connectivity index (χ1) is 13.2. The molecule has 3 aromatic rings. The predicted octanol–water partition coefficient (Wildman–Crippen LogP) is 1.35. The molecule has 0 spiro atoms. The van der Waals surface area contributed by atoms with E-state index >= 15 is 0 Å². The number of aromatic nitrogens is 3. The molecule has 4 rings (SSSR count). The normalized spacial score (nSPS) is 12.0. The SMILES string of the molecule is O=C(Cn1cnc(-c2ccc3c(c2)OCO3)cc1=O)NCc1ccncc1. The zero-order valence-electron chi connectivity index (χ0n) is 14.3. The van der Waals surface area contributed by atoms with Crippen molar-refractivity contribution >= 4 is 5.91 Å². The average molecular weight is 364 g/mol. The van der Waals surface area contributed by atoms with Gasteiger partial charge in [-0.05, 0) is 35.9 Å². The van der Waals surface area contributed by atoms with Crippen LogP contribution in [-0.2, 0) is 17.9 Å². The smallest absolute Gasteiger partial charge is 0.254 e. The number of fused-ring (bicyclic) bond motifs is 1. The topological polar surface area (TPSA) is 95.3 Å². The summed E-state index contributed by atoms with van der Waals surface area (Å²) in [4.78, 5) is 32.6. The fourth-order valence-corrected chi connectivity index (χ4v) is 2.67. The molecule has 0 aliphatic carbocycles. The van der Waals surface area contributed by atoms with E-state index in [4.69, 9.17) is 9.47 Å². The summed E-state index contributed by atoms with van der Waals surface area (Å²) >= 11 is 0. The molecule has 0 unspecified atom stereocenters. The van der Waals surface area contributed by atoms with Gasteiger partial charge in [0.1, 0.15) is 6.54 Å². The van der Waals surface area contributed by atoms with E-state index in [0.29, 0.717) is 23.7 Å². The predicted molar refractivity (Wildman–Crippen MR) is 96.1 cm³/mol. The highest BCUT2D eigenvalue weighted by Crippen LogP contribution is 2.35. The Balaban J connectivity index is 1.44. The van der Waals surface area contributed by atoms with E-state index in [2.05, 4.69) is 15.3 Å². The number of pyridine rings is 1. The van der Waals surface area contributed by atoms with Gasteiger partial charge in [-0.3, -0.25) is 19.1 Å². The number of hydrogen-bond donors (Lipinski definition) is 1. The Morgan fingerprint density at radius 2 is 1.93 bits per heavy atom. The second kappa shape index (κ2) is 7.28. The summed E-state index contributed by atoms with van der Waals surface area (Å²) < 4.78 is 11.9. The molecular formula is C19H16N4O4. The summed E-state index contributed by atoms with van der Waals surface area (Å²) in [6.45, 7) is 0.458. The summed E-state index contributed by atoms with van der Waals surface area (Å²) in [5.41, 5.74) is 1.87. The van der Waals surface area contributed by atoms with Crippen LogP contribution in [0.4, 0.5) is 0 Å². The standard InChI is InChI=1S/C19H16N4O4/c24-18(21-9-13-3-5-20-6-4-13)10-23-11-22-15(8-19(23)25)14-1-2-16-17(7-14)27-12-26-16/h1-8,11H,9-10,12H2,(H,21,24). The first-order valence-corrected chi connectivity index (χ1v) is 8.31. The molecule has 3 heterocycles. The molecule has 0 fully saturated rings. The van der Waals surface area contributed by atoms with Gasteiger partial charge in [-0.25, -0.2) is 4.98 Å². The van der Waals surface area contributed by atoms with Crippen LogP contribution in [0.25, 0.3) is 11.3 Å². The molecule has 1 amide bonds. The van der Waals surface area contributed by atoms with Crippen molar-refractivity contribution in [2.45, 2.75) is 13.1 Å². The molecule has 1 aliphatic heterocycles. The summed E-state index contributed by atoms with van der Waals surface area (Å²) in [5.74, 6) is 1.01. The maximum atomic E-state index is 12.3. The molecule has 1 N–H and O–H groups in total. The number of nitrogens with zero attached hydrogens (tertiary/aromatic N) is 3. The molecule has 136 valence electrons. The monoisotopic (exact) mass is 364 g/mol. The van der Waals surface area contributed by atoms with Crippen molar-refractivity contribution in [3.63, 3.8) is 0 Å². The van der Waals surface area contributed by atoms with Crippen molar-refractivity contribution in [3.05, 3.63) is 71.0 Å². The van der Waals surface area contributed by atoms with Gasteiger partial charge in [0.15, 0.2) is 11.5 Å². The van der Waals surface area contributed by atoms with Crippen molar-refractivity contribution in [2.75, 3.05) is 6.79 Å². The van der Waals surface area contributed by atoms with Crippen LogP contribution < -0.4 is 20.3 Å². The lowest BCUT2D eigenvalue weighted by atomic mass is 10.1. The maximum absolute atomic E-state index is 12.3. The van der Waals surface area contributed by atoms with Crippen LogP contribution in [0.5, 0.6) is 11.5 Å². The van der Waals surface area contributed by atoms with Gasteiger partial charge in [0.05, 0.1) is 12.0 Å². The number of rotatable bonds is 5. The van der Waals surface area contributed by atoms with Crippen molar-refractivity contribution < 1.29 is 14.3 Å². The molecule has 1 aromatic carbocycles. The highest BCUT2D eigenvalue weighted by Gasteiger charge is 2.15. The fraction of sp³-hybridized carbons (Fsp3) is 0.158. The minimum absolute atomic E-state index is 0.0989. The number of hydrogen-bond acceptors (Lipinski definition) is 6. The second-order valence-corrected chi connectivity index (χ2v) is 5.94. The van der Waals surface area contributed by atoms with Crippen molar-refractivity contribution in [3.8, 4) is 22.8 Å². The average Bonchev–Trinajstić information content (AvgIpc) is 3.16. The summed E-state index contributed by atoms with van der Waals surface area (Å²) in [7, 11) is 0. The van der Waals surface area contributed by atoms with E-state index in [1.165, 1.54) is 17.0 Å². The molecule has 0 saturated heterocycles. The minimum Gasteiger partial charge on any atom is -0.454 e. The van der Waals surface area contributed by atoms with Gasteiger partial charge < -0.3 is 14.8 Å². The fourth-order valence-electron chi connectivity index (χ4n) is 2.67. The van der Waals surface area contributed by atoms with E-state index in [9.17, 15) is 9.59 Å². The number of carbonyl (C=O) groups is 1. The Morgan fingerprint density at radius 1 is 1.11 bits per heavy atom. The number of amides is 1. The Bertz CT molecular complexity index is 1030. The molecule has 0 saturated carbocycles. The molecule has 1 aliphatic rings. The van der Waals surface area contributed by atoms with E-state index in [1.807, 2.05) is 12.1 Å². The highest BCUT2D eigenvalue weighted by molar-refractivity contribution is 5.75. The number of nitrogens with one attached hydrogen (secondary N) is 1. The first-order valence-electron chi connectivity index (χ1n) is 8.31. The lowest BCUT2D eigenvalue weighted by molar-refractivity contribution is -0.121. The van der Waals surface area contributed by atoms with Gasteiger partial charge in [0.25, 0.3) is 5.56 Å². The third-order valence-corrected chi connectivity index (χ3v) is 4.10. The third kappa shape index (κ3) is 3.79. The molecule has 2 aromatic heterocycles. The van der Waals surface area contributed by atoms with Crippen molar-refractivity contribution in [2.24, 2.45) is 0 Å². The van der Waals surface area contributed by atoms with Crippen LogP contribution in [0.2, 0.25) is 0 Å². The van der Waals surface area contributed by atoms with Gasteiger partial charge in [-0.15, -0.1) is 0 Å².